The molecule has 4 saturated heterocycles. The van der Waals surface area contributed by atoms with Gasteiger partial charge in [-0.2, -0.15) is 0 Å². The molecule has 0 bridgehead atoms. The number of methoxy groups -OCH3 is 8. The first-order valence-electron chi connectivity index (χ1n) is 56.6. The van der Waals surface area contributed by atoms with E-state index in [1.54, 1.807) is 123 Å². The average Bonchev–Trinajstić information content (AvgIpc) is 0.683. The molecule has 4 aromatic carbocycles. The van der Waals surface area contributed by atoms with Gasteiger partial charge in [-0.05, 0) is 192 Å². The number of benzene rings is 4. The van der Waals surface area contributed by atoms with Gasteiger partial charge in [-0.1, -0.05) is 111 Å². The molecule has 672 valence electrons. The van der Waals surface area contributed by atoms with Crippen molar-refractivity contribution in [2.75, 3.05) is 109 Å². The van der Waals surface area contributed by atoms with E-state index in [0.29, 0.717) is 46.6 Å². The zero-order valence-electron chi connectivity index (χ0n) is 104. The van der Waals surface area contributed by atoms with Crippen molar-refractivity contribution in [3.05, 3.63) is 93.0 Å². The first kappa shape index (κ1) is 62.0. The molecule has 24 nitrogen and oxygen atoms in total. The van der Waals surface area contributed by atoms with Crippen LogP contribution in [0.3, 0.4) is 0 Å². The summed E-state index contributed by atoms with van der Waals surface area (Å²) in [4.78, 5) is 56.4. The van der Waals surface area contributed by atoms with Crippen LogP contribution in [-0.4, -0.2) is 201 Å². The van der Waals surface area contributed by atoms with Crippen LogP contribution in [0.1, 0.15) is 272 Å². The second-order valence-corrected chi connectivity index (χ2v) is 34.1. The Morgan fingerprint density at radius 1 is 0.350 bits per heavy atom. The highest BCUT2D eigenvalue weighted by Crippen LogP contribution is 2.50. The van der Waals surface area contributed by atoms with Gasteiger partial charge in [-0.15, -0.1) is 0 Å². The van der Waals surface area contributed by atoms with Crippen LogP contribution in [0.25, 0.3) is 0 Å². The van der Waals surface area contributed by atoms with Crippen LogP contribution < -0.4 is 60.8 Å². The smallest absolute Gasteiger partial charge is 0.323 e. The fourth-order valence-electron chi connectivity index (χ4n) is 14.6. The lowest BCUT2D eigenvalue weighted by atomic mass is 9.79. The van der Waals surface area contributed by atoms with Crippen LogP contribution in [-0.2, 0) is 63.8 Å². The number of hydrogen-bond donors (Lipinski definition) is 4. The van der Waals surface area contributed by atoms with Gasteiger partial charge in [-0.25, -0.2) is 0 Å². The number of nitrogens with two attached hydrogens (primary N) is 4. The molecular formula is C96H152N8O16. The van der Waals surface area contributed by atoms with Gasteiger partial charge in [0, 0.05) is 151 Å². The normalized spacial score (nSPS) is 37.9. The third-order valence-electron chi connectivity index (χ3n) is 21.6. The number of esters is 4. The maximum atomic E-state index is 13.0. The first-order chi connectivity index (χ1) is 68.3. The van der Waals surface area contributed by atoms with Gasteiger partial charge >= 0.3 is 23.9 Å². The van der Waals surface area contributed by atoms with Crippen molar-refractivity contribution < 1.29 is 117 Å². The Hall–Kier alpha value is -7.16. The number of carbonyl (C=O) groups is 4. The molecule has 24 heteroatoms. The molecule has 4 fully saturated rings. The number of rotatable bonds is 28. The maximum absolute atomic E-state index is 13.0. The second kappa shape index (κ2) is 43.9. The van der Waals surface area contributed by atoms with Crippen LogP contribution >= 0.6 is 0 Å². The molecule has 13 unspecified atom stereocenters. The fourth-order valence-corrected chi connectivity index (χ4v) is 14.6. The SMILES string of the molecule is [2H]C([2H])([2H])Oc1cc2c(cc1OC)C1([2H])N(CC2)C([2H])([2H])C([2H])(CC(C)C)C(OC(=O)[C@@H](N)C(C)C)C1([2H])[2H].[2H]C([2H])([2H])Oc1cc2c(cc1OC)C1([2H])N(CC2)C([2H])([2H])C([2H])(CC(C)C)C(OC(=O)[C@@H](N)C(C)C)C1([2H])[2H].[2H]C1([2H])C(OC(=O)[C@@H](N)C(C)C)C([2H])(CC(C)C)C([2H])([2H])N2CCc3cc(OC)c(OC)cc3C21[2H].[2H]C1C2([2H])c3cc(OC)c(OC)cc3CCN2C([2H])([2H])C([2H])(CC(C)C)C1([2H])OC(=O)[C@@H](N)C(C)C. The third-order valence-corrected chi connectivity index (χ3v) is 21.6. The van der Waals surface area contributed by atoms with Gasteiger partial charge in [0.05, 0.1) is 71.8 Å². The molecule has 8 aliphatic rings. The van der Waals surface area contributed by atoms with Crippen molar-refractivity contribution >= 4 is 23.9 Å². The molecule has 4 aromatic rings. The van der Waals surface area contributed by atoms with E-state index in [1.807, 2.05) is 0 Å². The van der Waals surface area contributed by atoms with E-state index in [-0.39, 0.29) is 169 Å². The summed E-state index contributed by atoms with van der Waals surface area (Å²) in [5, 5.41) is 0. The largest absolute Gasteiger partial charge is 0.493 e. The van der Waals surface area contributed by atoms with Crippen molar-refractivity contribution in [1.82, 2.24) is 19.6 Å². The molecule has 0 radical (unpaired) electrons. The van der Waals surface area contributed by atoms with E-state index >= 15 is 0 Å². The van der Waals surface area contributed by atoms with E-state index in [2.05, 4.69) is 0 Å². The fraction of sp³-hybridized carbons (Fsp3) is 0.708. The molecule has 0 saturated carbocycles. The zero-order chi connectivity index (χ0) is 115. The Morgan fingerprint density at radius 3 is 0.825 bits per heavy atom. The van der Waals surface area contributed by atoms with Crippen molar-refractivity contribution in [2.45, 2.75) is 260 Å². The Bertz CT molecular complexity index is 5350. The number of ether oxygens (including phenoxy) is 12. The Kier molecular flexibility index (Phi) is 22.7. The van der Waals surface area contributed by atoms with Gasteiger partial charge in [0.25, 0.3) is 0 Å². The summed E-state index contributed by atoms with van der Waals surface area (Å²) in [7, 11) is 2.73. The molecule has 17 atom stereocenters. The van der Waals surface area contributed by atoms with Gasteiger partial charge in [0.1, 0.15) is 48.6 Å². The third kappa shape index (κ3) is 23.8. The molecule has 120 heavy (non-hydrogen) atoms. The standard InChI is InChI=1S/4C24H38N2O4/c4*1-14(2)9-17-13-26-8-7-16-10-21(28-5)22(29-6)11-18(16)19(26)12-20(17)30-24(27)23(25)15(3)4/h4*10-11,14-15,17,19-20,23H,7-9,12-13,25H2,1-6H3/t4*17?,19?,20?,23-/m0000/s1/i12D,13D2,17D,19D,20D;2*5D3,12D2,13D2,17D,19D;12D2,13D2,17D,19D/t12?,17?,19?,20?,23-;3m. The van der Waals surface area contributed by atoms with E-state index < -0.39 is 186 Å². The lowest BCUT2D eigenvalue weighted by molar-refractivity contribution is -0.161. The van der Waals surface area contributed by atoms with Gasteiger partial charge in [0.2, 0.25) is 0 Å². The molecule has 0 aromatic heterocycles. The zero-order valence-corrected chi connectivity index (χ0v) is 74.0. The van der Waals surface area contributed by atoms with E-state index in [4.69, 9.17) is 99.0 Å². The summed E-state index contributed by atoms with van der Waals surface area (Å²) in [5.74, 6) is -14.5. The minimum absolute atomic E-state index is 0.00169. The summed E-state index contributed by atoms with van der Waals surface area (Å²) in [6.45, 7) is 17.0. The number of piperidine rings is 4. The van der Waals surface area contributed by atoms with Crippen LogP contribution in [0, 0.1) is 70.9 Å². The highest BCUT2D eigenvalue weighted by Gasteiger charge is 2.47. The molecule has 0 amide bonds. The topological polar surface area (TPSA) is 296 Å². The Balaban J connectivity index is 0.000000222. The lowest BCUT2D eigenvalue weighted by Gasteiger charge is -2.47. The van der Waals surface area contributed by atoms with Crippen LogP contribution in [0.4, 0.5) is 0 Å². The molecule has 8 N–H and O–H groups in total. The van der Waals surface area contributed by atoms with Crippen molar-refractivity contribution in [1.29, 1.82) is 0 Å². The van der Waals surface area contributed by atoms with Gasteiger partial charge in [-0.3, -0.25) is 38.8 Å². The minimum atomic E-state index is -2.83. The Labute approximate surface area is 760 Å². The number of carbonyl (C=O) groups excluding carboxylic acids is 4. The van der Waals surface area contributed by atoms with E-state index in [0.717, 1.165) is 14.7 Å². The highest BCUT2D eigenvalue weighted by atomic mass is 16.6. The van der Waals surface area contributed by atoms with Crippen molar-refractivity contribution in [2.24, 2.45) is 93.9 Å². The number of hydrogen-bond acceptors (Lipinski definition) is 24. The summed E-state index contributed by atoms with van der Waals surface area (Å²) >= 11 is 0. The quantitative estimate of drug-likeness (QED) is 0.0303. The van der Waals surface area contributed by atoms with Crippen LogP contribution in [0.5, 0.6) is 46.0 Å². The van der Waals surface area contributed by atoms with Crippen LogP contribution in [0.15, 0.2) is 48.5 Å². The number of fused-ring (bicyclic) bond motifs is 12. The average molecular weight is 1700 g/mol. The van der Waals surface area contributed by atoms with Crippen molar-refractivity contribution in [3.8, 4) is 46.0 Å². The molecule has 12 rings (SSSR count). The van der Waals surface area contributed by atoms with Gasteiger partial charge in [0.15, 0.2) is 46.0 Å². The lowest BCUT2D eigenvalue weighted by Crippen LogP contribution is -2.51. The number of nitrogens with zero attached hydrogens (tertiary/aromatic N) is 4. The monoisotopic (exact) mass is 1700 g/mol. The molecule has 8 heterocycles. The van der Waals surface area contributed by atoms with Gasteiger partial charge < -0.3 is 79.8 Å². The summed E-state index contributed by atoms with van der Waals surface area (Å²) in [6.07, 6.45) is -18.6. The summed E-state index contributed by atoms with van der Waals surface area (Å²) in [6, 6.07) is -2.40. The minimum Gasteiger partial charge on any atom is -0.493 e. The van der Waals surface area contributed by atoms with E-state index in [9.17, 15) is 41.1 Å². The molecule has 0 aliphatic carbocycles. The predicted octanol–water partition coefficient (Wildman–Crippen LogP) is 14.3. The second-order valence-electron chi connectivity index (χ2n) is 34.1. The maximum Gasteiger partial charge on any atom is 0.323 e. The summed E-state index contributed by atoms with van der Waals surface area (Å²) in [5.41, 5.74) is 26.3. The molecule has 0 spiro atoms. The molecule has 8 aliphatic heterocycles. The van der Waals surface area contributed by atoms with Crippen LogP contribution in [0.2, 0.25) is 0 Å². The predicted molar refractivity (Wildman–Crippen MR) is 471 cm³/mol. The van der Waals surface area contributed by atoms with Crippen molar-refractivity contribution in [3.63, 3.8) is 0 Å². The summed E-state index contributed by atoms with van der Waals surface area (Å²) < 4.78 is 332. The highest BCUT2D eigenvalue weighted by molar-refractivity contribution is 5.77. The van der Waals surface area contributed by atoms with E-state index in [1.165, 1.54) is 84.0 Å². The first-order valence-corrected chi connectivity index (χ1v) is 41.5. The molecular weight excluding hydrogens is 1520 g/mol. The Morgan fingerprint density at radius 2 is 0.575 bits per heavy atom.